The summed E-state index contributed by atoms with van der Waals surface area (Å²) in [7, 11) is 0. The van der Waals surface area contributed by atoms with E-state index in [0.29, 0.717) is 36.4 Å². The van der Waals surface area contributed by atoms with Gasteiger partial charge in [0.2, 0.25) is 11.8 Å². The summed E-state index contributed by atoms with van der Waals surface area (Å²) in [5.74, 6) is 1.39. The molecule has 2 N–H and O–H groups in total. The number of carbonyl (C=O) groups excluding carboxylic acids is 1. The number of aryl methyl sites for hydroxylation is 1. The van der Waals surface area contributed by atoms with E-state index in [0.717, 1.165) is 11.1 Å². The first kappa shape index (κ1) is 18.6. The maximum absolute atomic E-state index is 11.9. The van der Waals surface area contributed by atoms with Gasteiger partial charge in [-0.25, -0.2) is 4.79 Å². The number of benzene rings is 2. The molecule has 0 aliphatic heterocycles. The Morgan fingerprint density at radius 3 is 2.63 bits per heavy atom. The molecular weight excluding hydrogens is 340 g/mol. The highest BCUT2D eigenvalue weighted by Crippen LogP contribution is 2.22. The molecule has 0 aliphatic carbocycles. The zero-order valence-electron chi connectivity index (χ0n) is 15.8. The van der Waals surface area contributed by atoms with Crippen LogP contribution in [0.15, 0.2) is 52.9 Å². The van der Waals surface area contributed by atoms with E-state index in [1.54, 1.807) is 0 Å². The molecule has 0 atom stereocenters. The van der Waals surface area contributed by atoms with Gasteiger partial charge in [0.15, 0.2) is 0 Å². The maximum Gasteiger partial charge on any atom is 0.319 e. The summed E-state index contributed by atoms with van der Waals surface area (Å²) in [4.78, 5) is 11.9. The third-order valence-electron chi connectivity index (χ3n) is 3.98. The lowest BCUT2D eigenvalue weighted by Gasteiger charge is -2.09. The number of hydrogen-bond acceptors (Lipinski definition) is 4. The summed E-state index contributed by atoms with van der Waals surface area (Å²) >= 11 is 0. The Hall–Kier alpha value is -3.15. The highest BCUT2D eigenvalue weighted by atomic mass is 16.4. The van der Waals surface area contributed by atoms with Crippen LogP contribution in [-0.4, -0.2) is 22.8 Å². The van der Waals surface area contributed by atoms with Crippen LogP contribution in [0.5, 0.6) is 0 Å². The fraction of sp³-hybridized carbons (Fsp3) is 0.286. The molecule has 3 rings (SSSR count). The van der Waals surface area contributed by atoms with Crippen molar-refractivity contribution >= 4 is 11.7 Å². The van der Waals surface area contributed by atoms with Gasteiger partial charge >= 0.3 is 6.03 Å². The number of nitrogens with zero attached hydrogens (tertiary/aromatic N) is 2. The molecule has 27 heavy (non-hydrogen) atoms. The van der Waals surface area contributed by atoms with Gasteiger partial charge in [-0.15, -0.1) is 10.2 Å². The minimum absolute atomic E-state index is 0.230. The number of amides is 2. The van der Waals surface area contributed by atoms with Gasteiger partial charge in [0.1, 0.15) is 0 Å². The molecule has 0 bridgehead atoms. The normalized spacial score (nSPS) is 10.8. The Labute approximate surface area is 159 Å². The van der Waals surface area contributed by atoms with Gasteiger partial charge in [-0.1, -0.05) is 49.7 Å². The summed E-state index contributed by atoms with van der Waals surface area (Å²) in [6.45, 7) is 6.77. The van der Waals surface area contributed by atoms with Gasteiger partial charge in [0, 0.05) is 17.8 Å². The minimum Gasteiger partial charge on any atom is -0.420 e. The Bertz CT molecular complexity index is 901. The molecule has 1 heterocycles. The van der Waals surface area contributed by atoms with Gasteiger partial charge in [-0.05, 0) is 36.6 Å². The Morgan fingerprint density at radius 2 is 1.89 bits per heavy atom. The predicted octanol–water partition coefficient (Wildman–Crippen LogP) is 4.41. The number of anilines is 1. The van der Waals surface area contributed by atoms with Crippen LogP contribution in [0.4, 0.5) is 10.5 Å². The van der Waals surface area contributed by atoms with Gasteiger partial charge in [0.05, 0.1) is 6.42 Å². The van der Waals surface area contributed by atoms with E-state index in [1.165, 1.54) is 5.56 Å². The first-order valence-electron chi connectivity index (χ1n) is 9.03. The van der Waals surface area contributed by atoms with E-state index in [9.17, 15) is 4.79 Å². The molecule has 140 valence electrons. The summed E-state index contributed by atoms with van der Waals surface area (Å²) in [5.41, 5.74) is 3.77. The van der Waals surface area contributed by atoms with Crippen LogP contribution in [0.25, 0.3) is 11.5 Å². The van der Waals surface area contributed by atoms with Gasteiger partial charge in [-0.3, -0.25) is 0 Å². The van der Waals surface area contributed by atoms with E-state index < -0.39 is 0 Å². The molecule has 0 fully saturated rings. The highest BCUT2D eigenvalue weighted by molar-refractivity contribution is 5.89. The van der Waals surface area contributed by atoms with Crippen molar-refractivity contribution in [2.75, 3.05) is 11.9 Å². The topological polar surface area (TPSA) is 80.0 Å². The second-order valence-electron chi connectivity index (χ2n) is 6.97. The van der Waals surface area contributed by atoms with Crippen molar-refractivity contribution in [2.45, 2.75) is 27.2 Å². The Kier molecular flexibility index (Phi) is 5.86. The number of nitrogens with one attached hydrogen (secondary N) is 2. The van der Waals surface area contributed by atoms with E-state index in [4.69, 9.17) is 4.42 Å². The molecule has 0 saturated carbocycles. The molecule has 0 aliphatic rings. The molecule has 3 aromatic rings. The van der Waals surface area contributed by atoms with E-state index in [1.807, 2.05) is 38.1 Å². The summed E-state index contributed by atoms with van der Waals surface area (Å²) < 4.78 is 5.79. The summed E-state index contributed by atoms with van der Waals surface area (Å²) in [6, 6.07) is 15.4. The SMILES string of the molecule is Cc1ccc(Cc2nnc(-c3cccc(NC(=O)NCC(C)C)c3)o2)cc1. The quantitative estimate of drug-likeness (QED) is 0.679. The first-order chi connectivity index (χ1) is 13.0. The van der Waals surface area contributed by atoms with Crippen molar-refractivity contribution in [3.63, 3.8) is 0 Å². The molecule has 0 saturated heterocycles. The average molecular weight is 364 g/mol. The lowest BCUT2D eigenvalue weighted by Crippen LogP contribution is -2.31. The minimum atomic E-state index is -0.230. The Morgan fingerprint density at radius 1 is 1.11 bits per heavy atom. The summed E-state index contributed by atoms with van der Waals surface area (Å²) in [6.07, 6.45) is 0.586. The molecular formula is C21H24N4O2. The lowest BCUT2D eigenvalue weighted by atomic mass is 10.1. The number of aromatic nitrogens is 2. The molecule has 6 heteroatoms. The van der Waals surface area contributed by atoms with Crippen molar-refractivity contribution in [2.24, 2.45) is 5.92 Å². The van der Waals surface area contributed by atoms with Crippen LogP contribution in [0.1, 0.15) is 30.9 Å². The second kappa shape index (κ2) is 8.49. The smallest absolute Gasteiger partial charge is 0.319 e. The van der Waals surface area contributed by atoms with E-state index >= 15 is 0 Å². The van der Waals surface area contributed by atoms with Crippen LogP contribution in [0.3, 0.4) is 0 Å². The fourth-order valence-corrected chi connectivity index (χ4v) is 2.52. The number of rotatable bonds is 6. The van der Waals surface area contributed by atoms with Crippen LogP contribution in [0, 0.1) is 12.8 Å². The largest absolute Gasteiger partial charge is 0.420 e. The van der Waals surface area contributed by atoms with Crippen molar-refractivity contribution in [1.82, 2.24) is 15.5 Å². The van der Waals surface area contributed by atoms with Crippen molar-refractivity contribution in [3.05, 3.63) is 65.5 Å². The number of hydrogen-bond donors (Lipinski definition) is 2. The molecule has 0 unspecified atom stereocenters. The summed E-state index contributed by atoms with van der Waals surface area (Å²) in [5, 5.41) is 13.9. The molecule has 2 aromatic carbocycles. The van der Waals surface area contributed by atoms with Gasteiger partial charge in [0.25, 0.3) is 0 Å². The zero-order valence-corrected chi connectivity index (χ0v) is 15.8. The van der Waals surface area contributed by atoms with Crippen LogP contribution in [0.2, 0.25) is 0 Å². The molecule has 2 amide bonds. The van der Waals surface area contributed by atoms with Crippen molar-refractivity contribution < 1.29 is 9.21 Å². The lowest BCUT2D eigenvalue weighted by molar-refractivity contribution is 0.251. The number of carbonyl (C=O) groups is 1. The third kappa shape index (κ3) is 5.41. The third-order valence-corrected chi connectivity index (χ3v) is 3.98. The number of urea groups is 1. The van der Waals surface area contributed by atoms with E-state index in [2.05, 4.69) is 52.0 Å². The van der Waals surface area contributed by atoms with Crippen LogP contribution < -0.4 is 10.6 Å². The fourth-order valence-electron chi connectivity index (χ4n) is 2.52. The predicted molar refractivity (Wildman–Crippen MR) is 106 cm³/mol. The standard InChI is InChI=1S/C21H24N4O2/c1-14(2)13-22-21(26)23-18-6-4-5-17(12-18)20-25-24-19(27-20)11-16-9-7-15(3)8-10-16/h4-10,12,14H,11,13H2,1-3H3,(H2,22,23,26). The molecule has 0 spiro atoms. The zero-order chi connectivity index (χ0) is 19.2. The average Bonchev–Trinajstić information content (AvgIpc) is 3.11. The maximum atomic E-state index is 11.9. The highest BCUT2D eigenvalue weighted by Gasteiger charge is 2.11. The molecule has 6 nitrogen and oxygen atoms in total. The Balaban J connectivity index is 1.67. The first-order valence-corrected chi connectivity index (χ1v) is 9.03. The molecule has 0 radical (unpaired) electrons. The van der Waals surface area contributed by atoms with Crippen molar-refractivity contribution in [1.29, 1.82) is 0 Å². The van der Waals surface area contributed by atoms with Crippen molar-refractivity contribution in [3.8, 4) is 11.5 Å². The van der Waals surface area contributed by atoms with Crippen LogP contribution >= 0.6 is 0 Å². The monoisotopic (exact) mass is 364 g/mol. The van der Waals surface area contributed by atoms with E-state index in [-0.39, 0.29) is 6.03 Å². The second-order valence-corrected chi connectivity index (χ2v) is 6.97. The molecule has 1 aromatic heterocycles. The van der Waals surface area contributed by atoms with Gasteiger partial charge < -0.3 is 15.1 Å². The van der Waals surface area contributed by atoms with Crippen LogP contribution in [-0.2, 0) is 6.42 Å². The van der Waals surface area contributed by atoms with Gasteiger partial charge in [-0.2, -0.15) is 0 Å².